The van der Waals surface area contributed by atoms with Gasteiger partial charge in [-0.25, -0.2) is 0 Å². The number of likely N-dealkylation sites (tertiary alicyclic amines) is 1. The van der Waals surface area contributed by atoms with E-state index in [2.05, 4.69) is 67.6 Å². The molecule has 6 rings (SSSR count). The van der Waals surface area contributed by atoms with Crippen LogP contribution in [-0.2, 0) is 17.8 Å². The van der Waals surface area contributed by atoms with Crippen LogP contribution in [0.4, 0.5) is 5.69 Å². The van der Waals surface area contributed by atoms with Crippen LogP contribution in [0.15, 0.2) is 113 Å². The second-order valence-electron chi connectivity index (χ2n) is 11.0. The second kappa shape index (κ2) is 12.2. The summed E-state index contributed by atoms with van der Waals surface area (Å²) < 4.78 is 0. The molecule has 0 atom stereocenters. The van der Waals surface area contributed by atoms with E-state index in [1.807, 2.05) is 58.3 Å². The second-order valence-corrected chi connectivity index (χ2v) is 12.1. The van der Waals surface area contributed by atoms with E-state index in [1.54, 1.807) is 0 Å². The number of rotatable bonds is 6. The van der Waals surface area contributed by atoms with Gasteiger partial charge in [-0.15, -0.1) is 0 Å². The molecule has 1 saturated heterocycles. The predicted octanol–water partition coefficient (Wildman–Crippen LogP) is 7.77. The highest BCUT2D eigenvalue weighted by atomic mass is 32.2. The maximum Gasteiger partial charge on any atom is 0.265 e. The quantitative estimate of drug-likeness (QED) is 0.227. The van der Waals surface area contributed by atoms with E-state index in [-0.39, 0.29) is 11.8 Å². The topological polar surface area (TPSA) is 40.6 Å². The number of hydrogen-bond donors (Lipinski definition) is 0. The van der Waals surface area contributed by atoms with Crippen molar-refractivity contribution in [2.75, 3.05) is 18.0 Å². The van der Waals surface area contributed by atoms with Crippen LogP contribution in [-0.4, -0.2) is 29.8 Å². The number of nitrogens with zero attached hydrogens (tertiary/aromatic N) is 2. The van der Waals surface area contributed by atoms with Crippen molar-refractivity contribution in [2.45, 2.75) is 37.6 Å². The number of carbonyl (C=O) groups excluding carboxylic acids is 2. The molecule has 4 nitrogen and oxygen atoms in total. The Morgan fingerprint density at radius 2 is 1.51 bits per heavy atom. The van der Waals surface area contributed by atoms with Crippen LogP contribution in [0.5, 0.6) is 0 Å². The molecule has 4 aromatic carbocycles. The minimum absolute atomic E-state index is 0.00667. The van der Waals surface area contributed by atoms with Gasteiger partial charge in [-0.05, 0) is 79.1 Å². The largest absolute Gasteiger partial charge is 0.339 e. The molecule has 5 heteroatoms. The molecule has 0 unspecified atom stereocenters. The molecule has 2 aliphatic heterocycles. The first kappa shape index (κ1) is 27.1. The van der Waals surface area contributed by atoms with Gasteiger partial charge in [0.15, 0.2) is 0 Å². The molecule has 0 N–H and O–H groups in total. The van der Waals surface area contributed by atoms with Crippen molar-refractivity contribution >= 4 is 35.3 Å². The molecule has 1 fully saturated rings. The summed E-state index contributed by atoms with van der Waals surface area (Å²) in [6.45, 7) is 4.17. The lowest BCUT2D eigenvalue weighted by atomic mass is 9.90. The summed E-state index contributed by atoms with van der Waals surface area (Å²) in [5, 5.41) is 0. The lowest BCUT2D eigenvalue weighted by molar-refractivity contribution is -0.114. The van der Waals surface area contributed by atoms with Crippen LogP contribution in [0.2, 0.25) is 0 Å². The van der Waals surface area contributed by atoms with E-state index in [0.717, 1.165) is 54.1 Å². The first-order valence-electron chi connectivity index (χ1n) is 14.3. The van der Waals surface area contributed by atoms with Gasteiger partial charge in [0.2, 0.25) is 0 Å². The van der Waals surface area contributed by atoms with Crippen LogP contribution in [0.25, 0.3) is 6.08 Å². The SMILES string of the molecule is Cc1ccc(CN2C(=O)/C(=C\c3ccc(C(=O)N4CCC(Cc5ccccc5)CC4)cc3)Sc3ccccc32)cc1. The highest BCUT2D eigenvalue weighted by molar-refractivity contribution is 8.04. The fraction of sp³-hybridized carbons (Fsp3) is 0.222. The molecule has 0 spiro atoms. The Kier molecular flexibility index (Phi) is 8.06. The first-order chi connectivity index (χ1) is 20.0. The summed E-state index contributed by atoms with van der Waals surface area (Å²) in [6, 6.07) is 34.7. The summed E-state index contributed by atoms with van der Waals surface area (Å²) >= 11 is 1.51. The van der Waals surface area contributed by atoms with Crippen molar-refractivity contribution in [3.8, 4) is 0 Å². The molecular weight excluding hydrogens is 524 g/mol. The molecule has 41 heavy (non-hydrogen) atoms. The Morgan fingerprint density at radius 1 is 0.829 bits per heavy atom. The third-order valence-corrected chi connectivity index (χ3v) is 9.10. The van der Waals surface area contributed by atoms with Gasteiger partial charge in [-0.1, -0.05) is 96.2 Å². The number of thioether (sulfide) groups is 1. The summed E-state index contributed by atoms with van der Waals surface area (Å²) in [4.78, 5) is 32.5. The highest BCUT2D eigenvalue weighted by Crippen LogP contribution is 2.42. The Balaban J connectivity index is 1.13. The Labute approximate surface area is 246 Å². The summed E-state index contributed by atoms with van der Waals surface area (Å²) in [5.41, 5.74) is 6.21. The molecule has 0 aromatic heterocycles. The fourth-order valence-corrected chi connectivity index (χ4v) is 6.70. The number of para-hydroxylation sites is 1. The number of aryl methyl sites for hydroxylation is 1. The third kappa shape index (κ3) is 6.31. The fourth-order valence-electron chi connectivity index (χ4n) is 5.64. The lowest BCUT2D eigenvalue weighted by Gasteiger charge is -2.32. The summed E-state index contributed by atoms with van der Waals surface area (Å²) in [5.74, 6) is 0.702. The smallest absolute Gasteiger partial charge is 0.265 e. The zero-order valence-electron chi connectivity index (χ0n) is 23.3. The van der Waals surface area contributed by atoms with Gasteiger partial charge in [-0.3, -0.25) is 9.59 Å². The van der Waals surface area contributed by atoms with Crippen LogP contribution in [0, 0.1) is 12.8 Å². The molecule has 0 bridgehead atoms. The molecular formula is C36H34N2O2S. The zero-order valence-corrected chi connectivity index (χ0v) is 24.1. The van der Waals surface area contributed by atoms with Crippen molar-refractivity contribution in [2.24, 2.45) is 5.92 Å². The maximum atomic E-state index is 13.7. The van der Waals surface area contributed by atoms with E-state index in [9.17, 15) is 9.59 Å². The average molecular weight is 559 g/mol. The highest BCUT2D eigenvalue weighted by Gasteiger charge is 2.29. The van der Waals surface area contributed by atoms with Crippen LogP contribution in [0.3, 0.4) is 0 Å². The minimum atomic E-state index is -0.00667. The molecule has 0 aliphatic carbocycles. The van der Waals surface area contributed by atoms with Gasteiger partial charge < -0.3 is 9.80 Å². The molecule has 0 radical (unpaired) electrons. The van der Waals surface area contributed by atoms with Gasteiger partial charge >= 0.3 is 0 Å². The third-order valence-electron chi connectivity index (χ3n) is 8.02. The molecule has 0 saturated carbocycles. The standard InChI is InChI=1S/C36H34N2O2S/c1-26-11-13-30(14-12-26)25-38-32-9-5-6-10-33(32)41-34(36(38)40)24-28-15-17-31(18-16-28)35(39)37-21-19-29(20-22-37)23-27-7-3-2-4-8-27/h2-18,24,29H,19-23,25H2,1H3/b34-24+. The average Bonchev–Trinajstić information content (AvgIpc) is 3.01. The van der Waals surface area contributed by atoms with Gasteiger partial charge in [0.05, 0.1) is 17.1 Å². The minimum Gasteiger partial charge on any atom is -0.339 e. The number of fused-ring (bicyclic) bond motifs is 1. The Bertz CT molecular complexity index is 1550. The number of anilines is 1. The summed E-state index contributed by atoms with van der Waals surface area (Å²) in [7, 11) is 0. The van der Waals surface area contributed by atoms with E-state index >= 15 is 0 Å². The van der Waals surface area contributed by atoms with Crippen molar-refractivity contribution in [3.63, 3.8) is 0 Å². The number of carbonyl (C=O) groups is 2. The van der Waals surface area contributed by atoms with Crippen LogP contribution in [0.1, 0.15) is 45.5 Å². The number of benzene rings is 4. The van der Waals surface area contributed by atoms with Gasteiger partial charge in [0.25, 0.3) is 11.8 Å². The van der Waals surface area contributed by atoms with Crippen molar-refractivity contribution in [1.29, 1.82) is 0 Å². The van der Waals surface area contributed by atoms with Gasteiger partial charge in [-0.2, -0.15) is 0 Å². The predicted molar refractivity (Wildman–Crippen MR) is 168 cm³/mol. The molecule has 2 aliphatic rings. The Morgan fingerprint density at radius 3 is 2.24 bits per heavy atom. The normalized spacial score (nSPS) is 16.6. The molecule has 2 amide bonds. The summed E-state index contributed by atoms with van der Waals surface area (Å²) in [6.07, 6.45) is 5.08. The number of hydrogen-bond acceptors (Lipinski definition) is 3. The van der Waals surface area contributed by atoms with Crippen molar-refractivity contribution in [1.82, 2.24) is 4.90 Å². The maximum absolute atomic E-state index is 13.7. The van der Waals surface area contributed by atoms with E-state index < -0.39 is 0 Å². The van der Waals surface area contributed by atoms with E-state index in [0.29, 0.717) is 22.9 Å². The van der Waals surface area contributed by atoms with Crippen LogP contribution < -0.4 is 4.90 Å². The Hall–Kier alpha value is -4.09. The van der Waals surface area contributed by atoms with Gasteiger partial charge in [0, 0.05) is 23.5 Å². The molecule has 206 valence electrons. The van der Waals surface area contributed by atoms with Crippen LogP contribution >= 0.6 is 11.8 Å². The van der Waals surface area contributed by atoms with E-state index in [4.69, 9.17) is 0 Å². The lowest BCUT2D eigenvalue weighted by Crippen LogP contribution is -2.38. The molecule has 2 heterocycles. The van der Waals surface area contributed by atoms with Crippen molar-refractivity contribution in [3.05, 3.63) is 136 Å². The molecule has 4 aromatic rings. The zero-order chi connectivity index (χ0) is 28.2. The number of amides is 2. The number of piperidine rings is 1. The van der Waals surface area contributed by atoms with Crippen molar-refractivity contribution < 1.29 is 9.59 Å². The van der Waals surface area contributed by atoms with E-state index in [1.165, 1.54) is 22.9 Å². The first-order valence-corrected chi connectivity index (χ1v) is 15.1. The monoisotopic (exact) mass is 558 g/mol. The van der Waals surface area contributed by atoms with Gasteiger partial charge in [0.1, 0.15) is 0 Å².